The van der Waals surface area contributed by atoms with Crippen molar-refractivity contribution in [2.24, 2.45) is 0 Å². The number of carbonyl (C=O) groups is 1. The summed E-state index contributed by atoms with van der Waals surface area (Å²) in [4.78, 5) is 17.2. The molecule has 31 heavy (non-hydrogen) atoms. The molecule has 1 unspecified atom stereocenters. The highest BCUT2D eigenvalue weighted by atomic mass is 16.5. The molecule has 0 aliphatic heterocycles. The summed E-state index contributed by atoms with van der Waals surface area (Å²) in [6.07, 6.45) is 3.33. The minimum atomic E-state index is -0.271. The fraction of sp³-hybridized carbons (Fsp3) is 0.280. The zero-order valence-corrected chi connectivity index (χ0v) is 17.9. The normalized spacial score (nSPS) is 12.1. The van der Waals surface area contributed by atoms with E-state index in [9.17, 15) is 4.79 Å². The van der Waals surface area contributed by atoms with Gasteiger partial charge in [0.25, 0.3) is 5.91 Å². The zero-order valence-electron chi connectivity index (χ0n) is 17.9. The van der Waals surface area contributed by atoms with E-state index in [2.05, 4.69) is 35.0 Å². The van der Waals surface area contributed by atoms with Crippen LogP contribution in [0.2, 0.25) is 0 Å². The first kappa shape index (κ1) is 20.7. The first-order valence-electron chi connectivity index (χ1n) is 10.7. The number of aromatic nitrogens is 2. The SMILES string of the molecule is CCc1ccc(OCCCn2c(C(C)NC(=O)c3ccco3)nc3ccccc32)cc1. The summed E-state index contributed by atoms with van der Waals surface area (Å²) >= 11 is 0. The second-order valence-corrected chi connectivity index (χ2v) is 7.48. The summed E-state index contributed by atoms with van der Waals surface area (Å²) in [5.74, 6) is 1.73. The Morgan fingerprint density at radius 1 is 1.13 bits per heavy atom. The largest absolute Gasteiger partial charge is 0.494 e. The Morgan fingerprint density at radius 2 is 1.94 bits per heavy atom. The highest BCUT2D eigenvalue weighted by molar-refractivity contribution is 5.91. The van der Waals surface area contributed by atoms with Gasteiger partial charge in [0.05, 0.1) is 29.9 Å². The smallest absolute Gasteiger partial charge is 0.287 e. The van der Waals surface area contributed by atoms with Crippen molar-refractivity contribution in [2.45, 2.75) is 39.3 Å². The van der Waals surface area contributed by atoms with Gasteiger partial charge < -0.3 is 19.0 Å². The first-order chi connectivity index (χ1) is 15.2. The van der Waals surface area contributed by atoms with Crippen LogP contribution in [0.4, 0.5) is 0 Å². The van der Waals surface area contributed by atoms with Gasteiger partial charge in [0.2, 0.25) is 0 Å². The van der Waals surface area contributed by atoms with Gasteiger partial charge in [-0.25, -0.2) is 4.98 Å². The predicted octanol–water partition coefficient (Wildman–Crippen LogP) is 5.15. The van der Waals surface area contributed by atoms with E-state index in [1.807, 2.05) is 37.3 Å². The lowest BCUT2D eigenvalue weighted by molar-refractivity contribution is 0.0909. The Labute approximate surface area is 181 Å². The lowest BCUT2D eigenvalue weighted by atomic mass is 10.2. The molecule has 4 rings (SSSR count). The fourth-order valence-electron chi connectivity index (χ4n) is 3.63. The summed E-state index contributed by atoms with van der Waals surface area (Å²) in [7, 11) is 0. The van der Waals surface area contributed by atoms with Crippen LogP contribution in [0.1, 0.15) is 48.3 Å². The van der Waals surface area contributed by atoms with Crippen molar-refractivity contribution in [3.05, 3.63) is 84.1 Å². The molecule has 2 heterocycles. The number of aryl methyl sites for hydroxylation is 2. The van der Waals surface area contributed by atoms with Gasteiger partial charge in [0.1, 0.15) is 11.6 Å². The summed E-state index contributed by atoms with van der Waals surface area (Å²) in [5, 5.41) is 2.98. The van der Waals surface area contributed by atoms with E-state index < -0.39 is 0 Å². The molecular formula is C25H27N3O3. The van der Waals surface area contributed by atoms with Crippen molar-refractivity contribution < 1.29 is 13.9 Å². The van der Waals surface area contributed by atoms with Gasteiger partial charge in [-0.2, -0.15) is 0 Å². The first-order valence-corrected chi connectivity index (χ1v) is 10.7. The number of carbonyl (C=O) groups excluding carboxylic acids is 1. The molecular weight excluding hydrogens is 390 g/mol. The number of hydrogen-bond donors (Lipinski definition) is 1. The second kappa shape index (κ2) is 9.51. The second-order valence-electron chi connectivity index (χ2n) is 7.48. The molecule has 6 heteroatoms. The minimum Gasteiger partial charge on any atom is -0.494 e. The topological polar surface area (TPSA) is 69.3 Å². The number of fused-ring (bicyclic) bond motifs is 1. The molecule has 1 N–H and O–H groups in total. The molecule has 4 aromatic rings. The Balaban J connectivity index is 1.45. The van der Waals surface area contributed by atoms with Crippen molar-refractivity contribution >= 4 is 16.9 Å². The number of benzene rings is 2. The Morgan fingerprint density at radius 3 is 2.68 bits per heavy atom. The van der Waals surface area contributed by atoms with Crippen molar-refractivity contribution in [3.63, 3.8) is 0 Å². The molecule has 0 saturated carbocycles. The number of nitrogens with one attached hydrogen (secondary N) is 1. The van der Waals surface area contributed by atoms with Gasteiger partial charge in [-0.15, -0.1) is 0 Å². The Bertz CT molecular complexity index is 1130. The third-order valence-corrected chi connectivity index (χ3v) is 5.29. The highest BCUT2D eigenvalue weighted by Crippen LogP contribution is 2.22. The van der Waals surface area contributed by atoms with Crippen LogP contribution in [0.5, 0.6) is 5.75 Å². The maximum absolute atomic E-state index is 12.4. The number of para-hydroxylation sites is 2. The third kappa shape index (κ3) is 4.79. The maximum Gasteiger partial charge on any atom is 0.287 e. The quantitative estimate of drug-likeness (QED) is 0.382. The lowest BCUT2D eigenvalue weighted by Crippen LogP contribution is -2.28. The molecule has 0 saturated heterocycles. The zero-order chi connectivity index (χ0) is 21.6. The Hall–Kier alpha value is -3.54. The number of hydrogen-bond acceptors (Lipinski definition) is 4. The van der Waals surface area contributed by atoms with Crippen molar-refractivity contribution in [2.75, 3.05) is 6.61 Å². The molecule has 0 aliphatic rings. The molecule has 0 aliphatic carbocycles. The molecule has 0 radical (unpaired) electrons. The van der Waals surface area contributed by atoms with Gasteiger partial charge >= 0.3 is 0 Å². The number of rotatable bonds is 9. The predicted molar refractivity (Wildman–Crippen MR) is 120 cm³/mol. The van der Waals surface area contributed by atoms with E-state index in [4.69, 9.17) is 14.1 Å². The van der Waals surface area contributed by atoms with Gasteiger partial charge in [-0.1, -0.05) is 31.2 Å². The van der Waals surface area contributed by atoms with Gasteiger partial charge in [-0.05, 0) is 61.7 Å². The van der Waals surface area contributed by atoms with E-state index in [-0.39, 0.29) is 17.7 Å². The fourth-order valence-corrected chi connectivity index (χ4v) is 3.63. The lowest BCUT2D eigenvalue weighted by Gasteiger charge is -2.16. The number of nitrogens with zero attached hydrogens (tertiary/aromatic N) is 2. The summed E-state index contributed by atoms with van der Waals surface area (Å²) < 4.78 is 13.3. The van der Waals surface area contributed by atoms with Crippen LogP contribution in [0.15, 0.2) is 71.3 Å². The monoisotopic (exact) mass is 417 g/mol. The molecule has 0 fully saturated rings. The van der Waals surface area contributed by atoms with Crippen LogP contribution in [-0.2, 0) is 13.0 Å². The van der Waals surface area contributed by atoms with E-state index in [1.54, 1.807) is 12.1 Å². The molecule has 1 amide bonds. The van der Waals surface area contributed by atoms with Gasteiger partial charge in [0.15, 0.2) is 5.76 Å². The molecule has 2 aromatic carbocycles. The summed E-state index contributed by atoms with van der Waals surface area (Å²) in [5.41, 5.74) is 3.25. The van der Waals surface area contributed by atoms with E-state index in [0.29, 0.717) is 6.61 Å². The molecule has 0 spiro atoms. The number of amides is 1. The van der Waals surface area contributed by atoms with Crippen LogP contribution in [0.25, 0.3) is 11.0 Å². The molecule has 0 bridgehead atoms. The molecule has 1 atom stereocenters. The van der Waals surface area contributed by atoms with E-state index in [1.165, 1.54) is 11.8 Å². The van der Waals surface area contributed by atoms with Crippen LogP contribution in [0, 0.1) is 0 Å². The van der Waals surface area contributed by atoms with E-state index in [0.717, 1.165) is 42.0 Å². The van der Waals surface area contributed by atoms with Crippen LogP contribution >= 0.6 is 0 Å². The Kier molecular flexibility index (Phi) is 6.36. The van der Waals surface area contributed by atoms with Gasteiger partial charge in [-0.3, -0.25) is 4.79 Å². The number of imidazole rings is 1. The van der Waals surface area contributed by atoms with Crippen molar-refractivity contribution in [1.29, 1.82) is 0 Å². The van der Waals surface area contributed by atoms with Crippen molar-refractivity contribution in [1.82, 2.24) is 14.9 Å². The standard InChI is InChI=1S/C25H27N3O3/c1-3-19-11-13-20(14-12-19)30-17-7-15-28-22-9-5-4-8-21(22)27-24(28)18(2)26-25(29)23-10-6-16-31-23/h4-6,8-14,16,18H,3,7,15,17H2,1-2H3,(H,26,29). The molecule has 2 aromatic heterocycles. The third-order valence-electron chi connectivity index (χ3n) is 5.29. The molecule has 6 nitrogen and oxygen atoms in total. The number of ether oxygens (including phenoxy) is 1. The van der Waals surface area contributed by atoms with Crippen molar-refractivity contribution in [3.8, 4) is 5.75 Å². The summed E-state index contributed by atoms with van der Waals surface area (Å²) in [6.45, 7) is 5.42. The maximum atomic E-state index is 12.4. The molecule has 160 valence electrons. The minimum absolute atomic E-state index is 0.255. The average molecular weight is 418 g/mol. The van der Waals surface area contributed by atoms with Gasteiger partial charge in [0, 0.05) is 6.54 Å². The summed E-state index contributed by atoms with van der Waals surface area (Å²) in [6, 6.07) is 19.3. The van der Waals surface area contributed by atoms with E-state index >= 15 is 0 Å². The van der Waals surface area contributed by atoms with Crippen LogP contribution in [-0.4, -0.2) is 22.1 Å². The van der Waals surface area contributed by atoms with Crippen LogP contribution in [0.3, 0.4) is 0 Å². The highest BCUT2D eigenvalue weighted by Gasteiger charge is 2.20. The average Bonchev–Trinajstić information content (AvgIpc) is 3.46. The van der Waals surface area contributed by atoms with Crippen LogP contribution < -0.4 is 10.1 Å². The number of furan rings is 1.